The molecule has 0 aliphatic carbocycles. The third-order valence-electron chi connectivity index (χ3n) is 12.1. The van der Waals surface area contributed by atoms with Gasteiger partial charge in [-0.2, -0.15) is 0 Å². The van der Waals surface area contributed by atoms with Gasteiger partial charge in [0.1, 0.15) is 0 Å². The van der Waals surface area contributed by atoms with Crippen molar-refractivity contribution in [2.45, 2.75) is 241 Å². The summed E-state index contributed by atoms with van der Waals surface area (Å²) in [5.41, 5.74) is -3.92. The molecular formula is C52H94N4O5. The third-order valence-corrected chi connectivity index (χ3v) is 12.1. The monoisotopic (exact) mass is 855 g/mol. The second-order valence-corrected chi connectivity index (χ2v) is 24.8. The first-order valence-electron chi connectivity index (χ1n) is 23.8. The maximum atomic E-state index is 14.4. The first kappa shape index (κ1) is 54.8. The van der Waals surface area contributed by atoms with Crippen molar-refractivity contribution in [2.24, 2.45) is 16.2 Å². The van der Waals surface area contributed by atoms with Gasteiger partial charge in [-0.3, -0.25) is 24.6 Å². The van der Waals surface area contributed by atoms with Gasteiger partial charge in [0.15, 0.2) is 17.3 Å². The van der Waals surface area contributed by atoms with E-state index in [0.29, 0.717) is 31.9 Å². The summed E-state index contributed by atoms with van der Waals surface area (Å²) in [7, 11) is 0. The van der Waals surface area contributed by atoms with Crippen molar-refractivity contribution in [3.8, 4) is 0 Å². The molecule has 0 aromatic carbocycles. The Morgan fingerprint density at radius 3 is 1.61 bits per heavy atom. The normalized spacial score (nSPS) is 22.4. The molecule has 0 spiro atoms. The van der Waals surface area contributed by atoms with Crippen LogP contribution in [0.5, 0.6) is 0 Å². The summed E-state index contributed by atoms with van der Waals surface area (Å²) >= 11 is 0. The second-order valence-electron chi connectivity index (χ2n) is 24.8. The summed E-state index contributed by atoms with van der Waals surface area (Å²) in [5.74, 6) is 0.733. The molecule has 2 heterocycles. The number of likely N-dealkylation sites (tertiary alicyclic amines) is 2. The van der Waals surface area contributed by atoms with E-state index in [1.807, 2.05) is 41.5 Å². The maximum absolute atomic E-state index is 14.4. The van der Waals surface area contributed by atoms with Gasteiger partial charge < -0.3 is 15.0 Å². The van der Waals surface area contributed by atoms with Crippen LogP contribution in [-0.4, -0.2) is 92.7 Å². The fourth-order valence-corrected chi connectivity index (χ4v) is 10.1. The van der Waals surface area contributed by atoms with Crippen molar-refractivity contribution in [1.82, 2.24) is 20.4 Å². The van der Waals surface area contributed by atoms with E-state index in [1.54, 1.807) is 4.90 Å². The molecule has 9 heteroatoms. The minimum atomic E-state index is -0.774. The van der Waals surface area contributed by atoms with Crippen molar-refractivity contribution < 1.29 is 23.9 Å². The summed E-state index contributed by atoms with van der Waals surface area (Å²) in [4.78, 5) is 59.1. The quantitative estimate of drug-likeness (QED) is 0.0921. The summed E-state index contributed by atoms with van der Waals surface area (Å²) in [6.45, 7) is 39.5. The van der Waals surface area contributed by atoms with Crippen LogP contribution in [-0.2, 0) is 19.1 Å². The Morgan fingerprint density at radius 2 is 1.13 bits per heavy atom. The molecule has 3 atom stereocenters. The van der Waals surface area contributed by atoms with Crippen LogP contribution in [0.1, 0.15) is 208 Å². The number of ketones is 3. The van der Waals surface area contributed by atoms with Crippen LogP contribution in [0.25, 0.3) is 0 Å². The molecule has 2 rings (SSSR count). The number of nitrogens with one attached hydrogen (secondary N) is 2. The molecule has 61 heavy (non-hydrogen) atoms. The molecule has 2 N–H and O–H groups in total. The standard InChI is InChI=1S/C52H94N4O5/c1-44(2,3)40(57)50(53-47(10,11)12,32-27-23-24-28-33-52(42(59)46(7,8)9)34-30-36-56(52)49(16,17)18)31-26-22-20-19-21-25-29-38-61-43(60)55-37-35-51(39-55,54-48(13,14)15)41(58)45(4,5)6/h19-20,24,28,53-54H,21-23,25-27,29-39H2,1-18H3/b20-19+,28-24+/t50?,51-,52-/m0/s1. The van der Waals surface area contributed by atoms with Crippen molar-refractivity contribution in [3.63, 3.8) is 0 Å². The van der Waals surface area contributed by atoms with Gasteiger partial charge in [-0.05, 0) is 152 Å². The predicted octanol–water partition coefficient (Wildman–Crippen LogP) is 11.6. The SMILES string of the molecule is CC(C)(C)NC(CCC/C=C/CCCCOC(=O)N1CC[C@@](NC(C)(C)C)(C(=O)C(C)(C)C)C1)(CCC/C=C/C[C@@]1(C(=O)C(C)(C)C)CCCN1C(C)(C)C)C(=O)C(C)(C)C. The van der Waals surface area contributed by atoms with Crippen LogP contribution in [0.15, 0.2) is 24.3 Å². The number of hydrogen-bond acceptors (Lipinski definition) is 8. The van der Waals surface area contributed by atoms with Gasteiger partial charge in [-0.1, -0.05) is 86.6 Å². The Morgan fingerprint density at radius 1 is 0.607 bits per heavy atom. The maximum Gasteiger partial charge on any atom is 0.409 e. The number of unbranched alkanes of at least 4 members (excludes halogenated alkanes) is 4. The average Bonchev–Trinajstić information content (AvgIpc) is 3.73. The third kappa shape index (κ3) is 16.3. The van der Waals surface area contributed by atoms with E-state index in [4.69, 9.17) is 4.74 Å². The van der Waals surface area contributed by atoms with Crippen LogP contribution < -0.4 is 10.6 Å². The van der Waals surface area contributed by atoms with E-state index < -0.39 is 32.9 Å². The molecular weight excluding hydrogens is 761 g/mol. The smallest absolute Gasteiger partial charge is 0.409 e. The highest BCUT2D eigenvalue weighted by Crippen LogP contribution is 2.43. The van der Waals surface area contributed by atoms with E-state index in [1.165, 1.54) is 0 Å². The highest BCUT2D eigenvalue weighted by molar-refractivity contribution is 5.95. The first-order chi connectivity index (χ1) is 27.6. The van der Waals surface area contributed by atoms with Gasteiger partial charge in [-0.25, -0.2) is 4.79 Å². The van der Waals surface area contributed by atoms with E-state index in [-0.39, 0.29) is 34.3 Å². The van der Waals surface area contributed by atoms with Crippen molar-refractivity contribution >= 4 is 23.4 Å². The molecule has 2 fully saturated rings. The number of carbonyl (C=O) groups excluding carboxylic acids is 4. The fourth-order valence-electron chi connectivity index (χ4n) is 10.1. The number of rotatable bonds is 20. The molecule has 0 radical (unpaired) electrons. The number of ether oxygens (including phenoxy) is 1. The molecule has 352 valence electrons. The lowest BCUT2D eigenvalue weighted by Gasteiger charge is -2.47. The van der Waals surface area contributed by atoms with Gasteiger partial charge in [0.2, 0.25) is 0 Å². The number of nitrogens with zero attached hydrogens (tertiary/aromatic N) is 2. The summed E-state index contributed by atoms with van der Waals surface area (Å²) in [6, 6.07) is 0. The van der Waals surface area contributed by atoms with Crippen LogP contribution in [0.2, 0.25) is 0 Å². The lowest BCUT2D eigenvalue weighted by atomic mass is 9.72. The number of allylic oxidation sites excluding steroid dienone is 3. The number of amides is 1. The summed E-state index contributed by atoms with van der Waals surface area (Å²) in [5, 5.41) is 7.39. The predicted molar refractivity (Wildman–Crippen MR) is 255 cm³/mol. The summed E-state index contributed by atoms with van der Waals surface area (Å²) < 4.78 is 5.67. The second kappa shape index (κ2) is 21.1. The Labute approximate surface area is 374 Å². The molecule has 1 amide bonds. The molecule has 0 saturated carbocycles. The molecule has 0 aromatic rings. The highest BCUT2D eigenvalue weighted by Gasteiger charge is 2.53. The molecule has 0 aromatic heterocycles. The molecule has 2 saturated heterocycles. The van der Waals surface area contributed by atoms with Crippen LogP contribution >= 0.6 is 0 Å². The molecule has 9 nitrogen and oxygen atoms in total. The average molecular weight is 855 g/mol. The minimum Gasteiger partial charge on any atom is -0.449 e. The fraction of sp³-hybridized carbons (Fsp3) is 0.846. The van der Waals surface area contributed by atoms with Crippen molar-refractivity contribution in [1.29, 1.82) is 0 Å². The zero-order chi connectivity index (χ0) is 46.9. The van der Waals surface area contributed by atoms with E-state index in [2.05, 4.69) is 123 Å². The lowest BCUT2D eigenvalue weighted by Crippen LogP contribution is -2.63. The van der Waals surface area contributed by atoms with Gasteiger partial charge in [0.25, 0.3) is 0 Å². The van der Waals surface area contributed by atoms with Crippen molar-refractivity contribution in [3.05, 3.63) is 24.3 Å². The Kier molecular flexibility index (Phi) is 18.9. The number of carbonyl (C=O) groups is 4. The number of hydrogen-bond donors (Lipinski definition) is 2. The van der Waals surface area contributed by atoms with E-state index in [9.17, 15) is 19.2 Å². The molecule has 1 unspecified atom stereocenters. The Bertz CT molecular complexity index is 1520. The van der Waals surface area contributed by atoms with E-state index in [0.717, 1.165) is 83.6 Å². The highest BCUT2D eigenvalue weighted by atomic mass is 16.6. The Balaban J connectivity index is 1.98. The lowest BCUT2D eigenvalue weighted by molar-refractivity contribution is -0.140. The van der Waals surface area contributed by atoms with Gasteiger partial charge >= 0.3 is 6.09 Å². The number of Topliss-reactive ketones (excluding diaryl/α,β-unsaturated/α-hetero) is 3. The van der Waals surface area contributed by atoms with Crippen LogP contribution in [0.3, 0.4) is 0 Å². The Hall–Kier alpha value is -2.36. The van der Waals surface area contributed by atoms with Gasteiger partial charge in [0.05, 0.1) is 23.2 Å². The van der Waals surface area contributed by atoms with Gasteiger partial charge in [-0.15, -0.1) is 0 Å². The zero-order valence-corrected chi connectivity index (χ0v) is 42.8. The topological polar surface area (TPSA) is 108 Å². The van der Waals surface area contributed by atoms with Crippen LogP contribution in [0, 0.1) is 16.2 Å². The molecule has 2 aliphatic heterocycles. The first-order valence-corrected chi connectivity index (χ1v) is 23.8. The largest absolute Gasteiger partial charge is 0.449 e. The minimum absolute atomic E-state index is 0.0909. The molecule has 0 bridgehead atoms. The summed E-state index contributed by atoms with van der Waals surface area (Å²) in [6.07, 6.45) is 19.4. The van der Waals surface area contributed by atoms with Crippen LogP contribution in [0.4, 0.5) is 4.79 Å². The van der Waals surface area contributed by atoms with E-state index >= 15 is 0 Å². The zero-order valence-electron chi connectivity index (χ0n) is 42.8. The van der Waals surface area contributed by atoms with Crippen molar-refractivity contribution in [2.75, 3.05) is 26.2 Å². The molecule has 2 aliphatic rings. The van der Waals surface area contributed by atoms with Gasteiger partial charge in [0, 0.05) is 46.0 Å².